The highest BCUT2D eigenvalue weighted by Gasteiger charge is 2.13. The third kappa shape index (κ3) is 3.67. The minimum Gasteiger partial charge on any atom is -0.451 e. The number of carbonyl (C=O) groups is 1. The third-order valence-corrected chi connectivity index (χ3v) is 4.48. The van der Waals surface area contributed by atoms with E-state index in [1.54, 1.807) is 18.2 Å². The molecule has 7 heteroatoms. The largest absolute Gasteiger partial charge is 0.451 e. The van der Waals surface area contributed by atoms with Crippen LogP contribution in [0.5, 0.6) is 0 Å². The van der Waals surface area contributed by atoms with Gasteiger partial charge in [0, 0.05) is 8.96 Å². The van der Waals surface area contributed by atoms with Crippen molar-refractivity contribution in [2.75, 3.05) is 5.32 Å². The van der Waals surface area contributed by atoms with E-state index in [2.05, 4.69) is 38.2 Å². The fraction of sp³-hybridized carbons (Fsp3) is 0.0625. The summed E-state index contributed by atoms with van der Waals surface area (Å²) in [4.78, 5) is 16.5. The van der Waals surface area contributed by atoms with Gasteiger partial charge in [-0.15, -0.1) is 0 Å². The fourth-order valence-corrected chi connectivity index (χ4v) is 2.52. The van der Waals surface area contributed by atoms with E-state index in [4.69, 9.17) is 16.6 Å². The van der Waals surface area contributed by atoms with Crippen LogP contribution < -0.4 is 10.6 Å². The van der Waals surface area contributed by atoms with Crippen molar-refractivity contribution in [1.29, 1.82) is 0 Å². The van der Waals surface area contributed by atoms with Crippen LogP contribution in [-0.2, 0) is 0 Å². The number of halogens is 1. The molecule has 23 heavy (non-hydrogen) atoms. The van der Waals surface area contributed by atoms with Crippen LogP contribution in [0.1, 0.15) is 16.2 Å². The lowest BCUT2D eigenvalue weighted by Crippen LogP contribution is -2.34. The minimum atomic E-state index is -0.402. The summed E-state index contributed by atoms with van der Waals surface area (Å²) >= 11 is 7.35. The molecule has 3 rings (SSSR count). The molecule has 0 aliphatic heterocycles. The first-order valence-corrected chi connectivity index (χ1v) is 8.26. The molecule has 3 aromatic rings. The number of para-hydroxylation sites is 1. The second kappa shape index (κ2) is 6.63. The van der Waals surface area contributed by atoms with Crippen LogP contribution in [-0.4, -0.2) is 16.0 Å². The van der Waals surface area contributed by atoms with Crippen LogP contribution in [0.25, 0.3) is 11.0 Å². The molecule has 0 aliphatic carbocycles. The van der Waals surface area contributed by atoms with Crippen molar-refractivity contribution >= 4 is 62.6 Å². The Morgan fingerprint density at radius 2 is 2.04 bits per heavy atom. The average molecular weight is 437 g/mol. The molecule has 1 aromatic carbocycles. The number of fused-ring (bicyclic) bond motifs is 1. The summed E-state index contributed by atoms with van der Waals surface area (Å²) in [5.74, 6) is 0.390. The van der Waals surface area contributed by atoms with Crippen molar-refractivity contribution in [2.24, 2.45) is 0 Å². The lowest BCUT2D eigenvalue weighted by atomic mass is 10.2. The number of anilines is 1. The first-order valence-electron chi connectivity index (χ1n) is 6.77. The van der Waals surface area contributed by atoms with Gasteiger partial charge in [-0.25, -0.2) is 4.98 Å². The summed E-state index contributed by atoms with van der Waals surface area (Å²) in [6.45, 7) is 1.91. The van der Waals surface area contributed by atoms with Gasteiger partial charge in [-0.3, -0.25) is 10.1 Å². The molecule has 0 radical (unpaired) electrons. The summed E-state index contributed by atoms with van der Waals surface area (Å²) in [6, 6.07) is 12.8. The highest BCUT2D eigenvalue weighted by Crippen LogP contribution is 2.18. The van der Waals surface area contributed by atoms with Crippen LogP contribution >= 0.6 is 34.8 Å². The first kappa shape index (κ1) is 15.9. The Morgan fingerprint density at radius 1 is 1.26 bits per heavy atom. The van der Waals surface area contributed by atoms with Gasteiger partial charge in [-0.1, -0.05) is 18.2 Å². The maximum Gasteiger partial charge on any atom is 0.293 e. The molecule has 2 N–H and O–H groups in total. The molecular formula is C16H12IN3O2S. The van der Waals surface area contributed by atoms with E-state index < -0.39 is 5.91 Å². The SMILES string of the molecule is Cc1nc(NC(=S)NC(=O)c2cc3ccccc3o2)ccc1I. The van der Waals surface area contributed by atoms with Crippen molar-refractivity contribution in [3.63, 3.8) is 0 Å². The van der Waals surface area contributed by atoms with E-state index >= 15 is 0 Å². The van der Waals surface area contributed by atoms with Gasteiger partial charge in [0.2, 0.25) is 0 Å². The quantitative estimate of drug-likeness (QED) is 0.471. The fourth-order valence-electron chi connectivity index (χ4n) is 2.02. The lowest BCUT2D eigenvalue weighted by molar-refractivity contribution is 0.0953. The summed E-state index contributed by atoms with van der Waals surface area (Å²) in [6.07, 6.45) is 0. The Morgan fingerprint density at radius 3 is 2.78 bits per heavy atom. The van der Waals surface area contributed by atoms with Crippen molar-refractivity contribution < 1.29 is 9.21 Å². The molecule has 0 unspecified atom stereocenters. The van der Waals surface area contributed by atoms with Crippen LogP contribution in [0.15, 0.2) is 46.9 Å². The molecule has 5 nitrogen and oxygen atoms in total. The lowest BCUT2D eigenvalue weighted by Gasteiger charge is -2.08. The van der Waals surface area contributed by atoms with E-state index in [9.17, 15) is 4.79 Å². The Balaban J connectivity index is 1.69. The maximum absolute atomic E-state index is 12.2. The van der Waals surface area contributed by atoms with Gasteiger partial charge in [0.15, 0.2) is 10.9 Å². The Labute approximate surface area is 151 Å². The van der Waals surface area contributed by atoms with Crippen molar-refractivity contribution in [3.8, 4) is 0 Å². The number of thiocarbonyl (C=S) groups is 1. The minimum absolute atomic E-state index is 0.170. The normalized spacial score (nSPS) is 10.5. The van der Waals surface area contributed by atoms with Gasteiger partial charge in [0.1, 0.15) is 11.4 Å². The molecule has 2 aromatic heterocycles. The summed E-state index contributed by atoms with van der Waals surface area (Å²) < 4.78 is 6.56. The van der Waals surface area contributed by atoms with Crippen LogP contribution in [0.2, 0.25) is 0 Å². The van der Waals surface area contributed by atoms with Crippen LogP contribution in [0, 0.1) is 10.5 Å². The highest BCUT2D eigenvalue weighted by molar-refractivity contribution is 14.1. The first-order chi connectivity index (χ1) is 11.0. The molecule has 116 valence electrons. The molecule has 0 fully saturated rings. The van der Waals surface area contributed by atoms with Gasteiger partial charge in [-0.05, 0) is 66.0 Å². The monoisotopic (exact) mass is 437 g/mol. The zero-order valence-corrected chi connectivity index (χ0v) is 15.1. The topological polar surface area (TPSA) is 67.2 Å². The summed E-state index contributed by atoms with van der Waals surface area (Å²) in [7, 11) is 0. The van der Waals surface area contributed by atoms with Crippen LogP contribution in [0.4, 0.5) is 5.82 Å². The van der Waals surface area contributed by atoms with E-state index in [1.165, 1.54) is 0 Å². The van der Waals surface area contributed by atoms with Gasteiger partial charge in [0.05, 0.1) is 5.69 Å². The zero-order valence-electron chi connectivity index (χ0n) is 12.1. The smallest absolute Gasteiger partial charge is 0.293 e. The second-order valence-electron chi connectivity index (χ2n) is 4.82. The number of hydrogen-bond donors (Lipinski definition) is 2. The standard InChI is InChI=1S/C16H12IN3O2S/c1-9-11(17)6-7-14(18-9)19-16(23)20-15(21)13-8-10-4-2-3-5-12(10)22-13/h2-8H,1H3,(H2,18,19,20,21,23). The van der Waals surface area contributed by atoms with Gasteiger partial charge in [0.25, 0.3) is 5.91 Å². The second-order valence-corrected chi connectivity index (χ2v) is 6.39. The Kier molecular flexibility index (Phi) is 4.58. The number of carbonyl (C=O) groups excluding carboxylic acids is 1. The number of furan rings is 1. The molecule has 0 saturated heterocycles. The number of rotatable bonds is 2. The molecule has 0 saturated carbocycles. The number of amides is 1. The molecule has 0 atom stereocenters. The number of benzene rings is 1. The van der Waals surface area contributed by atoms with Crippen molar-refractivity contribution in [2.45, 2.75) is 6.92 Å². The van der Waals surface area contributed by atoms with Gasteiger partial charge >= 0.3 is 0 Å². The van der Waals surface area contributed by atoms with Crippen molar-refractivity contribution in [1.82, 2.24) is 10.3 Å². The number of aromatic nitrogens is 1. The molecule has 0 aliphatic rings. The number of nitrogens with zero attached hydrogens (tertiary/aromatic N) is 1. The van der Waals surface area contributed by atoms with Crippen LogP contribution in [0.3, 0.4) is 0 Å². The predicted molar refractivity (Wildman–Crippen MR) is 102 cm³/mol. The van der Waals surface area contributed by atoms with Gasteiger partial charge < -0.3 is 9.73 Å². The number of hydrogen-bond acceptors (Lipinski definition) is 4. The van der Waals surface area contributed by atoms with E-state index in [1.807, 2.05) is 31.2 Å². The number of aryl methyl sites for hydroxylation is 1. The Bertz CT molecular complexity index is 874. The van der Waals surface area contributed by atoms with E-state index in [0.717, 1.165) is 14.7 Å². The predicted octanol–water partition coefficient (Wildman–Crippen LogP) is 3.87. The van der Waals surface area contributed by atoms with E-state index in [0.29, 0.717) is 11.4 Å². The number of nitrogens with one attached hydrogen (secondary N) is 2. The Hall–Kier alpha value is -2.00. The van der Waals surface area contributed by atoms with Gasteiger partial charge in [-0.2, -0.15) is 0 Å². The summed E-state index contributed by atoms with van der Waals surface area (Å²) in [5.41, 5.74) is 1.55. The maximum atomic E-state index is 12.2. The molecule has 1 amide bonds. The number of pyridine rings is 1. The molecule has 0 bridgehead atoms. The summed E-state index contributed by atoms with van der Waals surface area (Å²) in [5, 5.41) is 6.51. The average Bonchev–Trinajstić information content (AvgIpc) is 2.95. The molecular weight excluding hydrogens is 425 g/mol. The molecule has 2 heterocycles. The molecule has 0 spiro atoms. The van der Waals surface area contributed by atoms with E-state index in [-0.39, 0.29) is 10.9 Å². The highest BCUT2D eigenvalue weighted by atomic mass is 127. The van der Waals surface area contributed by atoms with Crippen molar-refractivity contribution in [3.05, 3.63) is 57.5 Å². The zero-order chi connectivity index (χ0) is 16.4. The third-order valence-electron chi connectivity index (χ3n) is 3.14.